The number of amides is 1. The third kappa shape index (κ3) is 3.31. The van der Waals surface area contributed by atoms with E-state index in [1.54, 1.807) is 6.07 Å². The zero-order valence-electron chi connectivity index (χ0n) is 12.6. The Morgan fingerprint density at radius 1 is 1.43 bits per heavy atom. The Hall–Kier alpha value is -1.33. The van der Waals surface area contributed by atoms with Crippen molar-refractivity contribution in [1.82, 2.24) is 13.6 Å². The number of nitrogens with zero attached hydrogens (tertiary/aromatic N) is 3. The Bertz CT molecular complexity index is 812. The molecule has 23 heavy (non-hydrogen) atoms. The molecule has 0 fully saturated rings. The van der Waals surface area contributed by atoms with E-state index in [0.717, 1.165) is 10.6 Å². The van der Waals surface area contributed by atoms with Gasteiger partial charge in [0.15, 0.2) is 5.13 Å². The quantitative estimate of drug-likeness (QED) is 0.884. The van der Waals surface area contributed by atoms with Gasteiger partial charge in [0.1, 0.15) is 0 Å². The topological polar surface area (TPSA) is 82.6 Å². The lowest BCUT2D eigenvalue weighted by Crippen LogP contribution is -2.42. The molecule has 124 valence electrons. The number of thiazole rings is 1. The first-order valence-electron chi connectivity index (χ1n) is 6.89. The van der Waals surface area contributed by atoms with Gasteiger partial charge in [-0.1, -0.05) is 6.07 Å². The van der Waals surface area contributed by atoms with Crippen LogP contribution in [0.15, 0.2) is 17.5 Å². The van der Waals surface area contributed by atoms with Crippen LogP contribution in [-0.4, -0.2) is 48.6 Å². The van der Waals surface area contributed by atoms with Crippen LogP contribution < -0.4 is 5.32 Å². The van der Waals surface area contributed by atoms with Gasteiger partial charge in [-0.2, -0.15) is 17.0 Å². The molecule has 0 saturated carbocycles. The van der Waals surface area contributed by atoms with Crippen LogP contribution in [0.1, 0.15) is 20.2 Å². The Kier molecular flexibility index (Phi) is 4.52. The highest BCUT2D eigenvalue weighted by molar-refractivity contribution is 7.86. The summed E-state index contributed by atoms with van der Waals surface area (Å²) < 4.78 is 27.0. The van der Waals surface area contributed by atoms with Gasteiger partial charge in [0, 0.05) is 31.9 Å². The number of thiophene rings is 1. The second-order valence-corrected chi connectivity index (χ2v) is 9.37. The molecule has 1 aliphatic heterocycles. The Morgan fingerprint density at radius 3 is 2.87 bits per heavy atom. The number of rotatable bonds is 4. The summed E-state index contributed by atoms with van der Waals surface area (Å²) in [6, 6.07) is 3.56. The lowest BCUT2D eigenvalue weighted by Gasteiger charge is -2.27. The lowest BCUT2D eigenvalue weighted by atomic mass is 10.2. The van der Waals surface area contributed by atoms with Gasteiger partial charge in [-0.15, -0.1) is 22.7 Å². The molecule has 7 nitrogen and oxygen atoms in total. The number of hydrogen-bond donors (Lipinski definition) is 1. The number of anilines is 1. The highest BCUT2D eigenvalue weighted by atomic mass is 32.2. The predicted octanol–water partition coefficient (Wildman–Crippen LogP) is 1.62. The predicted molar refractivity (Wildman–Crippen MR) is 91.1 cm³/mol. The maximum absolute atomic E-state index is 12.2. The second-order valence-electron chi connectivity index (χ2n) is 5.19. The van der Waals surface area contributed by atoms with Crippen LogP contribution in [0, 0.1) is 0 Å². The Balaban J connectivity index is 1.75. The van der Waals surface area contributed by atoms with Gasteiger partial charge >= 0.3 is 0 Å². The van der Waals surface area contributed by atoms with Crippen molar-refractivity contribution < 1.29 is 13.2 Å². The minimum Gasteiger partial charge on any atom is -0.297 e. The van der Waals surface area contributed by atoms with Crippen LogP contribution in [0.25, 0.3) is 0 Å². The van der Waals surface area contributed by atoms with Gasteiger partial charge in [0.25, 0.3) is 16.1 Å². The largest absolute Gasteiger partial charge is 0.297 e. The molecule has 1 N–H and O–H groups in total. The Morgan fingerprint density at radius 2 is 2.22 bits per heavy atom. The smallest absolute Gasteiger partial charge is 0.281 e. The maximum atomic E-state index is 12.2. The van der Waals surface area contributed by atoms with Crippen molar-refractivity contribution >= 4 is 43.9 Å². The standard InChI is InChI=1S/C13H16N4O3S3/c1-16(2)23(19,20)17-6-5-9-11(8-17)22-13(14-9)15-12(18)10-4-3-7-21-10/h3-4,7H,5-6,8H2,1-2H3,(H,14,15,18). The lowest BCUT2D eigenvalue weighted by molar-refractivity contribution is 0.103. The Labute approximate surface area is 142 Å². The van der Waals surface area contributed by atoms with E-state index in [2.05, 4.69) is 10.3 Å². The number of carbonyl (C=O) groups excluding carboxylic acids is 1. The summed E-state index contributed by atoms with van der Waals surface area (Å²) in [6.07, 6.45) is 0.549. The van der Waals surface area contributed by atoms with Crippen molar-refractivity contribution in [1.29, 1.82) is 0 Å². The maximum Gasteiger partial charge on any atom is 0.281 e. The molecule has 1 amide bonds. The summed E-state index contributed by atoms with van der Waals surface area (Å²) in [4.78, 5) is 18.0. The molecule has 0 radical (unpaired) electrons. The fourth-order valence-corrected chi connectivity index (χ4v) is 5.02. The average molecular weight is 372 g/mol. The highest BCUT2D eigenvalue weighted by Crippen LogP contribution is 2.30. The van der Waals surface area contributed by atoms with Crippen molar-refractivity contribution in [2.24, 2.45) is 0 Å². The average Bonchev–Trinajstić information content (AvgIpc) is 3.15. The first-order valence-corrected chi connectivity index (χ1v) is 9.98. The van der Waals surface area contributed by atoms with Crippen molar-refractivity contribution in [2.75, 3.05) is 26.0 Å². The number of carbonyl (C=O) groups is 1. The monoisotopic (exact) mass is 372 g/mol. The van der Waals surface area contributed by atoms with Crippen molar-refractivity contribution in [2.45, 2.75) is 13.0 Å². The molecule has 2 aromatic rings. The number of hydrogen-bond acceptors (Lipinski definition) is 6. The third-order valence-corrected chi connectivity index (χ3v) is 7.20. The molecule has 0 saturated heterocycles. The molecule has 0 aromatic carbocycles. The fourth-order valence-electron chi connectivity index (χ4n) is 2.22. The summed E-state index contributed by atoms with van der Waals surface area (Å²) in [6.45, 7) is 0.692. The van der Waals surface area contributed by atoms with Gasteiger partial charge in [-0.25, -0.2) is 4.98 Å². The summed E-state index contributed by atoms with van der Waals surface area (Å²) in [5, 5.41) is 5.13. The molecule has 0 bridgehead atoms. The molecule has 0 spiro atoms. The molecule has 3 rings (SSSR count). The molecule has 2 aromatic heterocycles. The summed E-state index contributed by atoms with van der Waals surface area (Å²) in [7, 11) is -0.396. The number of fused-ring (bicyclic) bond motifs is 1. The fraction of sp³-hybridized carbons (Fsp3) is 0.385. The first-order chi connectivity index (χ1) is 10.9. The zero-order valence-corrected chi connectivity index (χ0v) is 15.1. The van der Waals surface area contributed by atoms with Crippen LogP contribution >= 0.6 is 22.7 Å². The third-order valence-electron chi connectivity index (χ3n) is 3.45. The number of aromatic nitrogens is 1. The van der Waals surface area contributed by atoms with Gasteiger partial charge < -0.3 is 0 Å². The van der Waals surface area contributed by atoms with Crippen LogP contribution in [0.3, 0.4) is 0 Å². The van der Waals surface area contributed by atoms with Crippen LogP contribution in [0.4, 0.5) is 5.13 Å². The highest BCUT2D eigenvalue weighted by Gasteiger charge is 2.30. The second kappa shape index (κ2) is 6.29. The van der Waals surface area contributed by atoms with Gasteiger partial charge in [-0.05, 0) is 11.4 Å². The van der Waals surface area contributed by atoms with E-state index >= 15 is 0 Å². The molecule has 0 unspecified atom stereocenters. The van der Waals surface area contributed by atoms with Crippen LogP contribution in [-0.2, 0) is 23.2 Å². The SMILES string of the molecule is CN(C)S(=O)(=O)N1CCc2nc(NC(=O)c3cccs3)sc2C1. The van der Waals surface area contributed by atoms with E-state index in [1.807, 2.05) is 11.4 Å². The van der Waals surface area contributed by atoms with Crippen molar-refractivity contribution in [3.05, 3.63) is 33.0 Å². The van der Waals surface area contributed by atoms with Crippen LogP contribution in [0.2, 0.25) is 0 Å². The van der Waals surface area contributed by atoms with Gasteiger partial charge in [0.2, 0.25) is 0 Å². The number of nitrogens with one attached hydrogen (secondary N) is 1. The molecule has 0 atom stereocenters. The molecule has 10 heteroatoms. The first kappa shape index (κ1) is 16.5. The summed E-state index contributed by atoms with van der Waals surface area (Å²) in [5.74, 6) is -0.191. The molecule has 1 aliphatic rings. The van der Waals surface area contributed by atoms with E-state index in [1.165, 1.54) is 45.4 Å². The van der Waals surface area contributed by atoms with E-state index in [0.29, 0.717) is 29.5 Å². The normalized spacial score (nSPS) is 15.6. The minimum atomic E-state index is -3.43. The van der Waals surface area contributed by atoms with Crippen LogP contribution in [0.5, 0.6) is 0 Å². The van der Waals surface area contributed by atoms with E-state index in [9.17, 15) is 13.2 Å². The van der Waals surface area contributed by atoms with E-state index < -0.39 is 10.2 Å². The van der Waals surface area contributed by atoms with E-state index in [4.69, 9.17) is 0 Å². The van der Waals surface area contributed by atoms with E-state index in [-0.39, 0.29) is 5.91 Å². The molecule has 0 aliphatic carbocycles. The minimum absolute atomic E-state index is 0.191. The summed E-state index contributed by atoms with van der Waals surface area (Å²) >= 11 is 2.69. The van der Waals surface area contributed by atoms with Crippen molar-refractivity contribution in [3.63, 3.8) is 0 Å². The summed E-state index contributed by atoms with van der Waals surface area (Å²) in [5.41, 5.74) is 0.863. The molecule has 3 heterocycles. The zero-order chi connectivity index (χ0) is 16.6. The molecular formula is C13H16N4O3S3. The van der Waals surface area contributed by atoms with Crippen molar-refractivity contribution in [3.8, 4) is 0 Å². The molecular weight excluding hydrogens is 356 g/mol. The van der Waals surface area contributed by atoms with Gasteiger partial charge in [0.05, 0.1) is 17.1 Å². The van der Waals surface area contributed by atoms with Gasteiger partial charge in [-0.3, -0.25) is 10.1 Å².